The molecule has 2 fully saturated rings. The molecule has 2 aliphatic rings. The molecule has 0 aromatic heterocycles. The van der Waals surface area contributed by atoms with Crippen molar-refractivity contribution in [2.45, 2.75) is 43.7 Å². The van der Waals surface area contributed by atoms with Crippen LogP contribution in [-0.2, 0) is 19.1 Å². The second kappa shape index (κ2) is 7.59. The molecule has 0 unspecified atom stereocenters. The van der Waals surface area contributed by atoms with E-state index in [4.69, 9.17) is 21.1 Å². The molecule has 1 N–H and O–H groups in total. The first-order valence-corrected chi connectivity index (χ1v) is 9.92. The number of nitrogens with one attached hydrogen (secondary N) is 1. The number of anilines is 1. The van der Waals surface area contributed by atoms with Crippen molar-refractivity contribution in [1.29, 1.82) is 0 Å². The number of esters is 1. The average molecular weight is 413 g/mol. The van der Waals surface area contributed by atoms with E-state index in [1.54, 1.807) is 34.9 Å². The number of halogens is 1. The summed E-state index contributed by atoms with van der Waals surface area (Å²) in [5, 5.41) is 3.08. The van der Waals surface area contributed by atoms with Gasteiger partial charge in [0.05, 0.1) is 17.7 Å². The largest absolute Gasteiger partial charge is 0.495 e. The van der Waals surface area contributed by atoms with Crippen molar-refractivity contribution < 1.29 is 23.9 Å². The molecule has 1 aromatic carbocycles. The third-order valence-electron chi connectivity index (χ3n) is 4.80. The Bertz CT molecular complexity index is 789. The van der Waals surface area contributed by atoms with E-state index in [1.165, 1.54) is 14.0 Å². The van der Waals surface area contributed by atoms with Gasteiger partial charge in [-0.05, 0) is 38.5 Å². The van der Waals surface area contributed by atoms with Crippen molar-refractivity contribution in [2.24, 2.45) is 0 Å². The lowest BCUT2D eigenvalue weighted by atomic mass is 10.2. The molecule has 1 aromatic rings. The molecule has 2 heterocycles. The number of carbonyl (C=O) groups is 3. The predicted octanol–water partition coefficient (Wildman–Crippen LogP) is 2.67. The highest BCUT2D eigenvalue weighted by Gasteiger charge is 2.53. The van der Waals surface area contributed by atoms with Gasteiger partial charge in [-0.25, -0.2) is 4.79 Å². The van der Waals surface area contributed by atoms with Crippen molar-refractivity contribution in [3.05, 3.63) is 23.2 Å². The first-order valence-electron chi connectivity index (χ1n) is 8.56. The maximum Gasteiger partial charge on any atom is 0.330 e. The zero-order valence-corrected chi connectivity index (χ0v) is 16.9. The summed E-state index contributed by atoms with van der Waals surface area (Å²) in [6.45, 7) is 3.44. The van der Waals surface area contributed by atoms with Crippen LogP contribution in [0.15, 0.2) is 18.2 Å². The Hall–Kier alpha value is -1.93. The van der Waals surface area contributed by atoms with Crippen LogP contribution in [0.3, 0.4) is 0 Å². The molecule has 0 radical (unpaired) electrons. The second-order valence-corrected chi connectivity index (χ2v) is 8.62. The van der Waals surface area contributed by atoms with Gasteiger partial charge in [-0.3, -0.25) is 9.59 Å². The standard InChI is InChI=1S/C18H21ClN2O5S/c1-10(16(23)20-12-8-11(19)4-5-14(12)25-3)26-17(24)13-9-27-18(2)7-6-15(22)21(13)18/h4-5,8,10,13H,6-7,9H2,1-3H3,(H,20,23)/t10-,13+,18-/m0/s1. The summed E-state index contributed by atoms with van der Waals surface area (Å²) in [4.78, 5) is 38.4. The first-order chi connectivity index (χ1) is 12.7. The highest BCUT2D eigenvalue weighted by molar-refractivity contribution is 8.01. The van der Waals surface area contributed by atoms with Crippen LogP contribution in [0.1, 0.15) is 26.7 Å². The minimum atomic E-state index is -1.03. The van der Waals surface area contributed by atoms with Crippen LogP contribution < -0.4 is 10.1 Å². The van der Waals surface area contributed by atoms with Crippen LogP contribution >= 0.6 is 23.4 Å². The quantitative estimate of drug-likeness (QED) is 0.748. The molecule has 3 atom stereocenters. The van der Waals surface area contributed by atoms with Crippen LogP contribution in [0, 0.1) is 0 Å². The van der Waals surface area contributed by atoms with Crippen LogP contribution in [0.5, 0.6) is 5.75 Å². The number of fused-ring (bicyclic) bond motifs is 1. The molecular weight excluding hydrogens is 392 g/mol. The number of hydrogen-bond acceptors (Lipinski definition) is 6. The van der Waals surface area contributed by atoms with Gasteiger partial charge >= 0.3 is 5.97 Å². The minimum Gasteiger partial charge on any atom is -0.495 e. The van der Waals surface area contributed by atoms with Crippen molar-refractivity contribution in [3.63, 3.8) is 0 Å². The minimum absolute atomic E-state index is 0.0507. The molecule has 7 nitrogen and oxygen atoms in total. The summed E-state index contributed by atoms with van der Waals surface area (Å²) in [5.41, 5.74) is 0.386. The Balaban J connectivity index is 1.64. The van der Waals surface area contributed by atoms with Crippen molar-refractivity contribution in [1.82, 2.24) is 4.90 Å². The van der Waals surface area contributed by atoms with E-state index in [0.717, 1.165) is 0 Å². The Morgan fingerprint density at radius 3 is 2.89 bits per heavy atom. The number of methoxy groups -OCH3 is 1. The van der Waals surface area contributed by atoms with Gasteiger partial charge in [-0.15, -0.1) is 11.8 Å². The maximum absolute atomic E-state index is 12.6. The third kappa shape index (κ3) is 3.87. The SMILES string of the molecule is COc1ccc(Cl)cc1NC(=O)[C@H](C)OC(=O)[C@H]1CS[C@@]2(C)CCC(=O)N12. The lowest BCUT2D eigenvalue weighted by Crippen LogP contribution is -2.48. The van der Waals surface area contributed by atoms with Gasteiger partial charge in [0.1, 0.15) is 11.8 Å². The predicted molar refractivity (Wildman–Crippen MR) is 103 cm³/mol. The Morgan fingerprint density at radius 1 is 1.44 bits per heavy atom. The van der Waals surface area contributed by atoms with Crippen molar-refractivity contribution >= 4 is 46.8 Å². The smallest absolute Gasteiger partial charge is 0.330 e. The van der Waals surface area contributed by atoms with Gasteiger partial charge in [0.15, 0.2) is 6.10 Å². The van der Waals surface area contributed by atoms with Gasteiger partial charge in [0, 0.05) is 17.2 Å². The van der Waals surface area contributed by atoms with E-state index in [2.05, 4.69) is 5.32 Å². The van der Waals surface area contributed by atoms with Crippen LogP contribution in [0.2, 0.25) is 5.02 Å². The van der Waals surface area contributed by atoms with Crippen LogP contribution in [0.25, 0.3) is 0 Å². The zero-order valence-electron chi connectivity index (χ0n) is 15.3. The third-order valence-corrected chi connectivity index (χ3v) is 6.54. The average Bonchev–Trinajstić information content (AvgIpc) is 3.11. The fourth-order valence-corrected chi connectivity index (χ4v) is 4.90. The number of ether oxygens (including phenoxy) is 2. The topological polar surface area (TPSA) is 84.9 Å². The maximum atomic E-state index is 12.6. The number of amides is 2. The summed E-state index contributed by atoms with van der Waals surface area (Å²) in [5.74, 6) is -0.216. The van der Waals surface area contributed by atoms with Crippen molar-refractivity contribution in [2.75, 3.05) is 18.2 Å². The highest BCUT2D eigenvalue weighted by Crippen LogP contribution is 2.47. The van der Waals surface area contributed by atoms with E-state index in [-0.39, 0.29) is 10.8 Å². The summed E-state index contributed by atoms with van der Waals surface area (Å²) in [6, 6.07) is 4.16. The molecule has 27 heavy (non-hydrogen) atoms. The number of nitrogens with zero attached hydrogens (tertiary/aromatic N) is 1. The number of rotatable bonds is 5. The molecule has 2 aliphatic heterocycles. The molecule has 0 aliphatic carbocycles. The molecule has 0 spiro atoms. The monoisotopic (exact) mass is 412 g/mol. The van der Waals surface area contributed by atoms with E-state index in [0.29, 0.717) is 35.1 Å². The molecular formula is C18H21ClN2O5S. The summed E-state index contributed by atoms with van der Waals surface area (Å²) < 4.78 is 10.5. The van der Waals surface area contributed by atoms with E-state index < -0.39 is 24.0 Å². The number of carbonyl (C=O) groups excluding carboxylic acids is 3. The first kappa shape index (κ1) is 19.8. The lowest BCUT2D eigenvalue weighted by molar-refractivity contribution is -0.160. The number of hydrogen-bond donors (Lipinski definition) is 1. The molecule has 2 amide bonds. The number of thioether (sulfide) groups is 1. The Kier molecular flexibility index (Phi) is 5.58. The Labute approximate surface area is 166 Å². The molecule has 0 bridgehead atoms. The van der Waals surface area contributed by atoms with Crippen LogP contribution in [0.4, 0.5) is 5.69 Å². The zero-order chi connectivity index (χ0) is 19.8. The van der Waals surface area contributed by atoms with Crippen molar-refractivity contribution in [3.8, 4) is 5.75 Å². The fourth-order valence-electron chi connectivity index (χ4n) is 3.31. The van der Waals surface area contributed by atoms with Gasteiger partial charge in [0.2, 0.25) is 5.91 Å². The molecule has 146 valence electrons. The molecule has 2 saturated heterocycles. The van der Waals surface area contributed by atoms with E-state index in [9.17, 15) is 14.4 Å². The van der Waals surface area contributed by atoms with Crippen LogP contribution in [-0.4, -0.2) is 52.6 Å². The van der Waals surface area contributed by atoms with Gasteiger partial charge in [-0.2, -0.15) is 0 Å². The summed E-state index contributed by atoms with van der Waals surface area (Å²) in [6.07, 6.45) is 0.110. The van der Waals surface area contributed by atoms with E-state index in [1.807, 2.05) is 6.92 Å². The second-order valence-electron chi connectivity index (χ2n) is 6.68. The molecule has 3 rings (SSSR count). The summed E-state index contributed by atoms with van der Waals surface area (Å²) >= 11 is 7.53. The summed E-state index contributed by atoms with van der Waals surface area (Å²) in [7, 11) is 1.48. The highest BCUT2D eigenvalue weighted by atomic mass is 35.5. The molecule has 0 saturated carbocycles. The van der Waals surface area contributed by atoms with E-state index >= 15 is 0 Å². The Morgan fingerprint density at radius 2 is 2.19 bits per heavy atom. The number of benzene rings is 1. The lowest BCUT2D eigenvalue weighted by Gasteiger charge is -2.29. The van der Waals surface area contributed by atoms with Gasteiger partial charge in [-0.1, -0.05) is 11.6 Å². The molecule has 9 heteroatoms. The normalized spacial score (nSPS) is 25.1. The fraction of sp³-hybridized carbons (Fsp3) is 0.500. The van der Waals surface area contributed by atoms with Gasteiger partial charge < -0.3 is 19.7 Å². The van der Waals surface area contributed by atoms with Gasteiger partial charge in [0.25, 0.3) is 5.91 Å².